The number of benzene rings is 1. The predicted octanol–water partition coefficient (Wildman–Crippen LogP) is 3.90. The van der Waals surface area contributed by atoms with Crippen LogP contribution < -0.4 is 5.32 Å². The Labute approximate surface area is 108 Å². The maximum atomic E-state index is 4.17. The van der Waals surface area contributed by atoms with Crippen molar-refractivity contribution in [1.82, 2.24) is 5.32 Å². The maximum absolute atomic E-state index is 4.17. The van der Waals surface area contributed by atoms with E-state index in [0.29, 0.717) is 0 Å². The number of alkyl halides is 1. The number of nitrogens with one attached hydrogen (secondary N) is 1. The van der Waals surface area contributed by atoms with Crippen LogP contribution >= 0.6 is 27.3 Å². The Hall–Kier alpha value is -0.640. The first-order chi connectivity index (χ1) is 7.76. The number of thiophene rings is 1. The highest BCUT2D eigenvalue weighted by atomic mass is 79.9. The van der Waals surface area contributed by atoms with Gasteiger partial charge < -0.3 is 5.32 Å². The molecule has 16 heavy (non-hydrogen) atoms. The number of fused-ring (bicyclic) bond motifs is 1. The Morgan fingerprint density at radius 3 is 3.00 bits per heavy atom. The SMILES string of the molecule is C=C(c1ccc2sccc2c1)C(CBr)NC. The zero-order valence-electron chi connectivity index (χ0n) is 9.16. The second-order valence-corrected chi connectivity index (χ2v) is 5.29. The Kier molecular flexibility index (Phi) is 3.79. The van der Waals surface area contributed by atoms with E-state index >= 15 is 0 Å². The molecule has 0 radical (unpaired) electrons. The molecule has 1 aromatic heterocycles. The molecule has 1 N–H and O–H groups in total. The molecule has 84 valence electrons. The quantitative estimate of drug-likeness (QED) is 0.844. The Bertz CT molecular complexity index is 499. The van der Waals surface area contributed by atoms with E-state index in [2.05, 4.69) is 57.5 Å². The first kappa shape index (κ1) is 11.8. The van der Waals surface area contributed by atoms with E-state index in [-0.39, 0.29) is 6.04 Å². The third-order valence-corrected chi connectivity index (χ3v) is 4.29. The van der Waals surface area contributed by atoms with E-state index in [0.717, 1.165) is 10.9 Å². The van der Waals surface area contributed by atoms with Gasteiger partial charge >= 0.3 is 0 Å². The summed E-state index contributed by atoms with van der Waals surface area (Å²) in [6.07, 6.45) is 0. The lowest BCUT2D eigenvalue weighted by Gasteiger charge is -2.16. The summed E-state index contributed by atoms with van der Waals surface area (Å²) >= 11 is 5.27. The van der Waals surface area contributed by atoms with Crippen molar-refractivity contribution in [3.05, 3.63) is 41.8 Å². The van der Waals surface area contributed by atoms with Gasteiger partial charge in [-0.05, 0) is 47.1 Å². The molecule has 1 aromatic carbocycles. The van der Waals surface area contributed by atoms with Gasteiger partial charge in [0.1, 0.15) is 0 Å². The van der Waals surface area contributed by atoms with Gasteiger partial charge in [-0.25, -0.2) is 0 Å². The second-order valence-electron chi connectivity index (χ2n) is 3.69. The molecule has 0 fully saturated rings. The zero-order valence-corrected chi connectivity index (χ0v) is 11.6. The molecule has 1 nitrogen and oxygen atoms in total. The summed E-state index contributed by atoms with van der Waals surface area (Å²) in [6.45, 7) is 4.17. The third-order valence-electron chi connectivity index (χ3n) is 2.75. The van der Waals surface area contributed by atoms with Crippen molar-refractivity contribution in [2.75, 3.05) is 12.4 Å². The van der Waals surface area contributed by atoms with Gasteiger partial charge in [-0.2, -0.15) is 0 Å². The molecule has 0 aliphatic rings. The topological polar surface area (TPSA) is 12.0 Å². The van der Waals surface area contributed by atoms with Crippen LogP contribution in [0.5, 0.6) is 0 Å². The molecule has 1 heterocycles. The van der Waals surface area contributed by atoms with Crippen LogP contribution in [0.15, 0.2) is 36.2 Å². The molecule has 0 saturated heterocycles. The summed E-state index contributed by atoms with van der Waals surface area (Å²) in [5.74, 6) is 0. The smallest absolute Gasteiger partial charge is 0.0415 e. The van der Waals surface area contributed by atoms with Crippen molar-refractivity contribution < 1.29 is 0 Å². The van der Waals surface area contributed by atoms with Gasteiger partial charge in [0.25, 0.3) is 0 Å². The average Bonchev–Trinajstić information content (AvgIpc) is 2.77. The number of hydrogen-bond acceptors (Lipinski definition) is 2. The highest BCUT2D eigenvalue weighted by Crippen LogP contribution is 2.26. The maximum Gasteiger partial charge on any atom is 0.0415 e. The van der Waals surface area contributed by atoms with Gasteiger partial charge in [-0.15, -0.1) is 11.3 Å². The molecule has 0 saturated carbocycles. The van der Waals surface area contributed by atoms with E-state index in [1.807, 2.05) is 7.05 Å². The van der Waals surface area contributed by atoms with Gasteiger partial charge in [0.15, 0.2) is 0 Å². The number of likely N-dealkylation sites (N-methyl/N-ethyl adjacent to an activating group) is 1. The number of rotatable bonds is 4. The van der Waals surface area contributed by atoms with E-state index in [9.17, 15) is 0 Å². The largest absolute Gasteiger partial charge is 0.312 e. The molecule has 0 amide bonds. The Balaban J connectivity index is 2.35. The monoisotopic (exact) mass is 295 g/mol. The molecule has 0 aliphatic carbocycles. The highest BCUT2D eigenvalue weighted by molar-refractivity contribution is 9.09. The molecule has 2 aromatic rings. The second kappa shape index (κ2) is 5.13. The normalized spacial score (nSPS) is 12.9. The molecule has 1 unspecified atom stereocenters. The van der Waals surface area contributed by atoms with Crippen molar-refractivity contribution in [3.8, 4) is 0 Å². The van der Waals surface area contributed by atoms with Gasteiger partial charge in [0, 0.05) is 16.1 Å². The fourth-order valence-electron chi connectivity index (χ4n) is 1.71. The van der Waals surface area contributed by atoms with Gasteiger partial charge in [-0.1, -0.05) is 28.6 Å². The summed E-state index contributed by atoms with van der Waals surface area (Å²) in [7, 11) is 1.96. The van der Waals surface area contributed by atoms with Crippen LogP contribution in [0.2, 0.25) is 0 Å². The van der Waals surface area contributed by atoms with Crippen molar-refractivity contribution in [3.63, 3.8) is 0 Å². The molecular formula is C13H14BrNS. The van der Waals surface area contributed by atoms with Crippen LogP contribution in [0.3, 0.4) is 0 Å². The fraction of sp³-hybridized carbons (Fsp3) is 0.231. The van der Waals surface area contributed by atoms with Crippen LogP contribution in [0.25, 0.3) is 15.7 Å². The summed E-state index contributed by atoms with van der Waals surface area (Å²) in [4.78, 5) is 0. The molecule has 3 heteroatoms. The van der Waals surface area contributed by atoms with Gasteiger partial charge in [-0.3, -0.25) is 0 Å². The van der Waals surface area contributed by atoms with E-state index in [4.69, 9.17) is 0 Å². The fourth-order valence-corrected chi connectivity index (χ4v) is 3.20. The summed E-state index contributed by atoms with van der Waals surface area (Å²) < 4.78 is 1.33. The molecule has 2 rings (SSSR count). The van der Waals surface area contributed by atoms with Crippen molar-refractivity contribution in [2.45, 2.75) is 6.04 Å². The van der Waals surface area contributed by atoms with Crippen LogP contribution in [-0.2, 0) is 0 Å². The van der Waals surface area contributed by atoms with Crippen LogP contribution in [0.1, 0.15) is 5.56 Å². The highest BCUT2D eigenvalue weighted by Gasteiger charge is 2.10. The number of hydrogen-bond donors (Lipinski definition) is 1. The summed E-state index contributed by atoms with van der Waals surface area (Å²) in [5, 5.41) is 7.55. The molecular weight excluding hydrogens is 282 g/mol. The molecule has 0 aliphatic heterocycles. The van der Waals surface area contributed by atoms with Crippen molar-refractivity contribution in [1.29, 1.82) is 0 Å². The molecule has 1 atom stereocenters. The van der Waals surface area contributed by atoms with Crippen molar-refractivity contribution in [2.24, 2.45) is 0 Å². The van der Waals surface area contributed by atoms with E-state index in [1.54, 1.807) is 11.3 Å². The van der Waals surface area contributed by atoms with Gasteiger partial charge in [0.05, 0.1) is 0 Å². The number of halogens is 1. The average molecular weight is 296 g/mol. The molecule has 0 spiro atoms. The third kappa shape index (κ3) is 2.21. The lowest BCUT2D eigenvalue weighted by molar-refractivity contribution is 0.759. The predicted molar refractivity (Wildman–Crippen MR) is 77.5 cm³/mol. The minimum absolute atomic E-state index is 0.288. The van der Waals surface area contributed by atoms with Gasteiger partial charge in [0.2, 0.25) is 0 Å². The first-order valence-corrected chi connectivity index (χ1v) is 7.16. The zero-order chi connectivity index (χ0) is 11.5. The molecule has 0 bridgehead atoms. The first-order valence-electron chi connectivity index (χ1n) is 5.16. The van der Waals surface area contributed by atoms with E-state index < -0.39 is 0 Å². The van der Waals surface area contributed by atoms with E-state index in [1.165, 1.54) is 15.6 Å². The summed E-state index contributed by atoms with van der Waals surface area (Å²) in [5.41, 5.74) is 2.34. The lowest BCUT2D eigenvalue weighted by Crippen LogP contribution is -2.27. The van der Waals surface area contributed by atoms with Crippen LogP contribution in [0, 0.1) is 0 Å². The lowest BCUT2D eigenvalue weighted by atomic mass is 10.0. The Morgan fingerprint density at radius 1 is 1.50 bits per heavy atom. The minimum atomic E-state index is 0.288. The Morgan fingerprint density at radius 2 is 2.31 bits per heavy atom. The van der Waals surface area contributed by atoms with Crippen LogP contribution in [-0.4, -0.2) is 18.4 Å². The standard InChI is InChI=1S/C13H14BrNS/c1-9(12(8-14)15-2)10-3-4-13-11(7-10)5-6-16-13/h3-7,12,15H,1,8H2,2H3. The van der Waals surface area contributed by atoms with Crippen LogP contribution in [0.4, 0.5) is 0 Å². The van der Waals surface area contributed by atoms with Crippen molar-refractivity contribution >= 4 is 42.9 Å². The summed E-state index contributed by atoms with van der Waals surface area (Å²) in [6, 6.07) is 8.96. The minimum Gasteiger partial charge on any atom is -0.312 e.